The molecule has 1 aromatic rings. The van der Waals surface area contributed by atoms with Crippen LogP contribution in [0.25, 0.3) is 0 Å². The van der Waals surface area contributed by atoms with Crippen LogP contribution in [-0.4, -0.2) is 20.3 Å². The van der Waals surface area contributed by atoms with Crippen LogP contribution in [0.15, 0.2) is 36.8 Å². The fraction of sp³-hybridized carbons (Fsp3) is 0.333. The van der Waals surface area contributed by atoms with E-state index in [1.165, 1.54) is 12.5 Å². The minimum atomic E-state index is -0.356. The minimum Gasteiger partial charge on any atom is -0.491 e. The van der Waals surface area contributed by atoms with E-state index >= 15 is 0 Å². The number of hydrogen-bond donors (Lipinski definition) is 0. The summed E-state index contributed by atoms with van der Waals surface area (Å²) in [6.45, 7) is 1.10. The SMILES string of the molecule is COCCOc1cccc(C2OC=CO2)c1. The van der Waals surface area contributed by atoms with Crippen LogP contribution in [0, 0.1) is 0 Å². The predicted octanol–water partition coefficient (Wildman–Crippen LogP) is 2.23. The molecule has 2 rings (SSSR count). The van der Waals surface area contributed by atoms with Crippen LogP contribution in [0.5, 0.6) is 5.75 Å². The lowest BCUT2D eigenvalue weighted by Crippen LogP contribution is -2.05. The zero-order chi connectivity index (χ0) is 11.2. The van der Waals surface area contributed by atoms with Gasteiger partial charge < -0.3 is 18.9 Å². The second-order valence-electron chi connectivity index (χ2n) is 3.29. The summed E-state index contributed by atoms with van der Waals surface area (Å²) < 4.78 is 20.9. The van der Waals surface area contributed by atoms with Gasteiger partial charge in [-0.2, -0.15) is 0 Å². The van der Waals surface area contributed by atoms with Crippen molar-refractivity contribution in [1.82, 2.24) is 0 Å². The van der Waals surface area contributed by atoms with Gasteiger partial charge in [0.05, 0.1) is 6.61 Å². The van der Waals surface area contributed by atoms with Crippen molar-refractivity contribution in [3.8, 4) is 5.75 Å². The molecule has 0 N–H and O–H groups in total. The van der Waals surface area contributed by atoms with Gasteiger partial charge in [-0.3, -0.25) is 0 Å². The number of methoxy groups -OCH3 is 1. The molecule has 86 valence electrons. The Hall–Kier alpha value is -1.68. The van der Waals surface area contributed by atoms with Crippen LogP contribution >= 0.6 is 0 Å². The van der Waals surface area contributed by atoms with Gasteiger partial charge in [-0.05, 0) is 12.1 Å². The fourth-order valence-electron chi connectivity index (χ4n) is 1.39. The highest BCUT2D eigenvalue weighted by molar-refractivity contribution is 5.29. The van der Waals surface area contributed by atoms with Gasteiger partial charge in [0.15, 0.2) is 0 Å². The standard InChI is InChI=1S/C12H14O4/c1-13-5-6-14-11-4-2-3-10(9-11)12-15-7-8-16-12/h2-4,7-9,12H,5-6H2,1H3. The van der Waals surface area contributed by atoms with Crippen molar-refractivity contribution < 1.29 is 18.9 Å². The van der Waals surface area contributed by atoms with Crippen LogP contribution in [0.1, 0.15) is 11.9 Å². The van der Waals surface area contributed by atoms with E-state index in [1.54, 1.807) is 7.11 Å². The third-order valence-electron chi connectivity index (χ3n) is 2.15. The van der Waals surface area contributed by atoms with Crippen molar-refractivity contribution in [3.63, 3.8) is 0 Å². The van der Waals surface area contributed by atoms with Crippen molar-refractivity contribution in [2.75, 3.05) is 20.3 Å². The zero-order valence-corrected chi connectivity index (χ0v) is 9.09. The molecule has 0 fully saturated rings. The summed E-state index contributed by atoms with van der Waals surface area (Å²) in [6.07, 6.45) is 2.71. The Morgan fingerprint density at radius 2 is 2.00 bits per heavy atom. The van der Waals surface area contributed by atoms with Gasteiger partial charge in [0.2, 0.25) is 0 Å². The van der Waals surface area contributed by atoms with Crippen LogP contribution < -0.4 is 4.74 Å². The maximum atomic E-state index is 5.49. The summed E-state index contributed by atoms with van der Waals surface area (Å²) in [7, 11) is 1.64. The molecule has 0 aliphatic carbocycles. The van der Waals surface area contributed by atoms with Crippen molar-refractivity contribution in [3.05, 3.63) is 42.4 Å². The highest BCUT2D eigenvalue weighted by Gasteiger charge is 2.15. The Morgan fingerprint density at radius 1 is 1.19 bits per heavy atom. The maximum absolute atomic E-state index is 5.49. The summed E-state index contributed by atoms with van der Waals surface area (Å²) in [4.78, 5) is 0. The van der Waals surface area contributed by atoms with Crippen molar-refractivity contribution >= 4 is 0 Å². The number of hydrogen-bond acceptors (Lipinski definition) is 4. The quantitative estimate of drug-likeness (QED) is 0.716. The van der Waals surface area contributed by atoms with Crippen LogP contribution in [-0.2, 0) is 14.2 Å². The van der Waals surface area contributed by atoms with Gasteiger partial charge in [0, 0.05) is 12.7 Å². The first-order valence-corrected chi connectivity index (χ1v) is 5.08. The number of ether oxygens (including phenoxy) is 4. The molecule has 0 saturated carbocycles. The minimum absolute atomic E-state index is 0.356. The molecule has 0 radical (unpaired) electrons. The van der Waals surface area contributed by atoms with E-state index < -0.39 is 0 Å². The summed E-state index contributed by atoms with van der Waals surface area (Å²) in [5, 5.41) is 0. The third kappa shape index (κ3) is 2.67. The van der Waals surface area contributed by atoms with Gasteiger partial charge >= 0.3 is 0 Å². The molecule has 0 aromatic heterocycles. The van der Waals surface area contributed by atoms with E-state index in [-0.39, 0.29) is 6.29 Å². The lowest BCUT2D eigenvalue weighted by Gasteiger charge is -2.12. The van der Waals surface area contributed by atoms with Crippen LogP contribution in [0.3, 0.4) is 0 Å². The van der Waals surface area contributed by atoms with Crippen LogP contribution in [0.2, 0.25) is 0 Å². The summed E-state index contributed by atoms with van der Waals surface area (Å²) in [6, 6.07) is 7.62. The van der Waals surface area contributed by atoms with Gasteiger partial charge in [0.25, 0.3) is 6.29 Å². The molecule has 0 atom stereocenters. The van der Waals surface area contributed by atoms with E-state index in [4.69, 9.17) is 18.9 Å². The molecule has 0 bridgehead atoms. The smallest absolute Gasteiger partial charge is 0.266 e. The normalized spacial score (nSPS) is 14.6. The zero-order valence-electron chi connectivity index (χ0n) is 9.09. The molecule has 1 aliphatic rings. The lowest BCUT2D eigenvalue weighted by molar-refractivity contribution is -0.0247. The molecular weight excluding hydrogens is 208 g/mol. The molecule has 0 amide bonds. The Morgan fingerprint density at radius 3 is 2.75 bits per heavy atom. The van der Waals surface area contributed by atoms with E-state index in [1.807, 2.05) is 24.3 Å². The first kappa shape index (κ1) is 10.8. The Kier molecular flexibility index (Phi) is 3.66. The molecule has 0 saturated heterocycles. The second-order valence-corrected chi connectivity index (χ2v) is 3.29. The summed E-state index contributed by atoms with van der Waals surface area (Å²) in [5.74, 6) is 0.786. The number of rotatable bonds is 5. The Balaban J connectivity index is 1.96. The van der Waals surface area contributed by atoms with Crippen molar-refractivity contribution in [2.45, 2.75) is 6.29 Å². The largest absolute Gasteiger partial charge is 0.491 e. The van der Waals surface area contributed by atoms with Crippen molar-refractivity contribution in [1.29, 1.82) is 0 Å². The highest BCUT2D eigenvalue weighted by Crippen LogP contribution is 2.26. The molecular formula is C12H14O4. The fourth-order valence-corrected chi connectivity index (χ4v) is 1.39. The Bertz CT molecular complexity index is 354. The maximum Gasteiger partial charge on any atom is 0.266 e. The van der Waals surface area contributed by atoms with Gasteiger partial charge in [0.1, 0.15) is 24.9 Å². The molecule has 1 heterocycles. The van der Waals surface area contributed by atoms with E-state index in [2.05, 4.69) is 0 Å². The van der Waals surface area contributed by atoms with Gasteiger partial charge in [-0.1, -0.05) is 12.1 Å². The second kappa shape index (κ2) is 5.42. The lowest BCUT2D eigenvalue weighted by atomic mass is 10.2. The molecule has 1 aliphatic heterocycles. The first-order chi connectivity index (χ1) is 7.90. The molecule has 16 heavy (non-hydrogen) atoms. The van der Waals surface area contributed by atoms with Gasteiger partial charge in [-0.25, -0.2) is 0 Å². The first-order valence-electron chi connectivity index (χ1n) is 5.08. The molecule has 0 spiro atoms. The molecule has 4 heteroatoms. The average Bonchev–Trinajstić information content (AvgIpc) is 2.83. The predicted molar refractivity (Wildman–Crippen MR) is 57.9 cm³/mol. The average molecular weight is 222 g/mol. The van der Waals surface area contributed by atoms with Gasteiger partial charge in [-0.15, -0.1) is 0 Å². The van der Waals surface area contributed by atoms with E-state index in [0.29, 0.717) is 13.2 Å². The summed E-state index contributed by atoms with van der Waals surface area (Å²) >= 11 is 0. The monoisotopic (exact) mass is 222 g/mol. The topological polar surface area (TPSA) is 36.9 Å². The third-order valence-corrected chi connectivity index (χ3v) is 2.15. The Labute approximate surface area is 94.4 Å². The molecule has 1 aromatic carbocycles. The number of benzene rings is 1. The van der Waals surface area contributed by atoms with E-state index in [0.717, 1.165) is 11.3 Å². The van der Waals surface area contributed by atoms with Crippen LogP contribution in [0.4, 0.5) is 0 Å². The van der Waals surface area contributed by atoms with Crippen molar-refractivity contribution in [2.24, 2.45) is 0 Å². The molecule has 4 nitrogen and oxygen atoms in total. The summed E-state index contributed by atoms with van der Waals surface area (Å²) in [5.41, 5.74) is 0.930. The van der Waals surface area contributed by atoms with E-state index in [9.17, 15) is 0 Å². The highest BCUT2D eigenvalue weighted by atomic mass is 16.7. The molecule has 0 unspecified atom stereocenters.